The van der Waals surface area contributed by atoms with Gasteiger partial charge in [0.25, 0.3) is 0 Å². The van der Waals surface area contributed by atoms with Crippen molar-refractivity contribution in [1.82, 2.24) is 5.32 Å². The largest absolute Gasteiger partial charge is 0.475 e. The maximum absolute atomic E-state index is 12.2. The van der Waals surface area contributed by atoms with Crippen LogP contribution in [0.3, 0.4) is 0 Å². The number of amides is 2. The van der Waals surface area contributed by atoms with E-state index < -0.39 is 0 Å². The molecular weight excluding hydrogens is 338 g/mol. The number of aliphatic imine (C=N–C) groups is 2. The fourth-order valence-electron chi connectivity index (χ4n) is 4.70. The number of ether oxygens (including phenoxy) is 1. The average molecular weight is 367 g/mol. The molecule has 3 aliphatic rings. The number of urea groups is 1. The van der Waals surface area contributed by atoms with Crippen molar-refractivity contribution in [3.8, 4) is 0 Å². The van der Waals surface area contributed by atoms with Crippen molar-refractivity contribution < 1.29 is 9.53 Å². The van der Waals surface area contributed by atoms with Crippen LogP contribution in [0, 0.1) is 18.8 Å². The topological polar surface area (TPSA) is 63.0 Å². The summed E-state index contributed by atoms with van der Waals surface area (Å²) in [6.45, 7) is 4.86. The lowest BCUT2D eigenvalue weighted by Crippen LogP contribution is -2.45. The lowest BCUT2D eigenvalue weighted by atomic mass is 9.85. The van der Waals surface area contributed by atoms with E-state index in [-0.39, 0.29) is 24.1 Å². The van der Waals surface area contributed by atoms with E-state index >= 15 is 0 Å². The Bertz CT molecular complexity index is 765. The van der Waals surface area contributed by atoms with Crippen LogP contribution in [0.2, 0.25) is 0 Å². The molecule has 1 aromatic rings. The van der Waals surface area contributed by atoms with Gasteiger partial charge in [0, 0.05) is 5.71 Å². The molecule has 3 atom stereocenters. The summed E-state index contributed by atoms with van der Waals surface area (Å²) in [5, 5.41) is 3.06. The van der Waals surface area contributed by atoms with Gasteiger partial charge in [-0.3, -0.25) is 4.99 Å². The molecule has 27 heavy (non-hydrogen) atoms. The molecule has 0 spiro atoms. The van der Waals surface area contributed by atoms with Gasteiger partial charge in [0.1, 0.15) is 6.10 Å². The van der Waals surface area contributed by atoms with Crippen molar-refractivity contribution in [3.63, 3.8) is 0 Å². The van der Waals surface area contributed by atoms with Crippen molar-refractivity contribution in [1.29, 1.82) is 0 Å². The number of rotatable bonds is 4. The van der Waals surface area contributed by atoms with E-state index in [0.717, 1.165) is 30.1 Å². The summed E-state index contributed by atoms with van der Waals surface area (Å²) >= 11 is 0. The third-order valence-corrected chi connectivity index (χ3v) is 6.12. The van der Waals surface area contributed by atoms with E-state index in [2.05, 4.69) is 35.4 Å². The second kappa shape index (κ2) is 7.83. The first-order valence-electron chi connectivity index (χ1n) is 10.3. The van der Waals surface area contributed by atoms with Gasteiger partial charge in [-0.05, 0) is 37.7 Å². The highest BCUT2D eigenvalue weighted by Gasteiger charge is 2.41. The molecule has 2 heterocycles. The first-order chi connectivity index (χ1) is 13.2. The normalized spacial score (nSPS) is 29.0. The highest BCUT2D eigenvalue weighted by atomic mass is 16.5. The third-order valence-electron chi connectivity index (χ3n) is 6.12. The smallest absolute Gasteiger partial charge is 0.341 e. The third kappa shape index (κ3) is 3.78. The molecule has 0 bridgehead atoms. The van der Waals surface area contributed by atoms with Crippen LogP contribution >= 0.6 is 0 Å². The summed E-state index contributed by atoms with van der Waals surface area (Å²) in [6, 6.07) is 7.86. The number of benzene rings is 1. The van der Waals surface area contributed by atoms with Crippen LogP contribution in [-0.2, 0) is 4.74 Å². The lowest BCUT2D eigenvalue weighted by Gasteiger charge is -2.33. The number of nitrogens with one attached hydrogen (secondary N) is 1. The predicted octanol–water partition coefficient (Wildman–Crippen LogP) is 4.60. The van der Waals surface area contributed by atoms with E-state index in [1.807, 2.05) is 13.0 Å². The Hall–Kier alpha value is -2.17. The Morgan fingerprint density at radius 1 is 1.22 bits per heavy atom. The van der Waals surface area contributed by atoms with Crippen molar-refractivity contribution in [2.75, 3.05) is 6.54 Å². The number of carbonyl (C=O) groups excluding carboxylic acids is 1. The summed E-state index contributed by atoms with van der Waals surface area (Å²) in [5.74, 6) is 1.26. The molecule has 1 N–H and O–H groups in total. The second-order valence-corrected chi connectivity index (χ2v) is 8.01. The fourth-order valence-corrected chi connectivity index (χ4v) is 4.70. The maximum atomic E-state index is 12.2. The molecule has 5 nitrogen and oxygen atoms in total. The van der Waals surface area contributed by atoms with Crippen LogP contribution < -0.4 is 5.32 Å². The van der Waals surface area contributed by atoms with Gasteiger partial charge in [0.2, 0.25) is 0 Å². The quantitative estimate of drug-likeness (QED) is 0.845. The highest BCUT2D eigenvalue weighted by Crippen LogP contribution is 2.35. The van der Waals surface area contributed by atoms with E-state index in [9.17, 15) is 4.79 Å². The standard InChI is InChI=1S/C22H29N3O2/c1-3-17-19(21-23-13-18(27-21)15-9-5-4-6-10-15)20(25-22(26)24-17)16-11-7-8-14(2)12-16/h7-8,11-12,15,18-20H,3-6,9-10,13H2,1-2H3,(H,25,26). The molecule has 5 heteroatoms. The van der Waals surface area contributed by atoms with Crippen LogP contribution in [-0.4, -0.2) is 30.3 Å². The zero-order chi connectivity index (χ0) is 18.8. The number of hydrogen-bond acceptors (Lipinski definition) is 3. The van der Waals surface area contributed by atoms with Crippen molar-refractivity contribution in [2.45, 2.75) is 64.5 Å². The summed E-state index contributed by atoms with van der Waals surface area (Å²) in [7, 11) is 0. The van der Waals surface area contributed by atoms with Gasteiger partial charge in [-0.15, -0.1) is 0 Å². The Morgan fingerprint density at radius 3 is 2.78 bits per heavy atom. The average Bonchev–Trinajstić information content (AvgIpc) is 3.17. The zero-order valence-electron chi connectivity index (χ0n) is 16.3. The van der Waals surface area contributed by atoms with Crippen molar-refractivity contribution in [2.24, 2.45) is 21.8 Å². The Morgan fingerprint density at radius 2 is 2.04 bits per heavy atom. The van der Waals surface area contributed by atoms with Gasteiger partial charge in [0.05, 0.1) is 18.5 Å². The van der Waals surface area contributed by atoms with Crippen molar-refractivity contribution >= 4 is 17.6 Å². The van der Waals surface area contributed by atoms with Gasteiger partial charge < -0.3 is 10.1 Å². The summed E-state index contributed by atoms with van der Waals surface area (Å²) in [4.78, 5) is 21.3. The molecule has 1 fully saturated rings. The SMILES string of the molecule is CCC1=NC(=O)NC(c2cccc(C)c2)C1C1=NCC(C2CCCCC2)O1. The molecule has 0 saturated heterocycles. The van der Waals surface area contributed by atoms with Crippen LogP contribution in [0.1, 0.15) is 62.6 Å². The molecule has 0 radical (unpaired) electrons. The van der Waals surface area contributed by atoms with E-state index in [0.29, 0.717) is 5.92 Å². The molecule has 3 unspecified atom stereocenters. The fraction of sp³-hybridized carbons (Fsp3) is 0.591. The first-order valence-corrected chi connectivity index (χ1v) is 10.3. The first kappa shape index (κ1) is 18.2. The molecule has 2 aliphatic heterocycles. The van der Waals surface area contributed by atoms with Crippen molar-refractivity contribution in [3.05, 3.63) is 35.4 Å². The minimum Gasteiger partial charge on any atom is -0.475 e. The Kier molecular flexibility index (Phi) is 5.28. The van der Waals surface area contributed by atoms with Crippen LogP contribution in [0.15, 0.2) is 34.3 Å². The van der Waals surface area contributed by atoms with Crippen LogP contribution in [0.4, 0.5) is 4.79 Å². The highest BCUT2D eigenvalue weighted by molar-refractivity contribution is 6.10. The van der Waals surface area contributed by atoms with Crippen LogP contribution in [0.5, 0.6) is 0 Å². The summed E-state index contributed by atoms with van der Waals surface area (Å²) in [6.07, 6.45) is 7.33. The number of carbonyl (C=O) groups is 1. The number of nitrogens with zero attached hydrogens (tertiary/aromatic N) is 2. The predicted molar refractivity (Wildman–Crippen MR) is 107 cm³/mol. The van der Waals surface area contributed by atoms with E-state index in [4.69, 9.17) is 9.73 Å². The second-order valence-electron chi connectivity index (χ2n) is 8.01. The summed E-state index contributed by atoms with van der Waals surface area (Å²) < 4.78 is 6.41. The molecule has 144 valence electrons. The minimum absolute atomic E-state index is 0.108. The molecule has 1 aromatic carbocycles. The number of aryl methyl sites for hydroxylation is 1. The van der Waals surface area contributed by atoms with Crippen LogP contribution in [0.25, 0.3) is 0 Å². The Balaban J connectivity index is 1.60. The molecule has 4 rings (SSSR count). The molecular formula is C22H29N3O2. The minimum atomic E-state index is -0.267. The summed E-state index contributed by atoms with van der Waals surface area (Å²) in [5.41, 5.74) is 3.13. The molecule has 1 saturated carbocycles. The maximum Gasteiger partial charge on any atom is 0.341 e. The van der Waals surface area contributed by atoms with E-state index in [1.165, 1.54) is 37.7 Å². The van der Waals surface area contributed by atoms with Gasteiger partial charge in [-0.1, -0.05) is 56.0 Å². The van der Waals surface area contributed by atoms with Gasteiger partial charge in [-0.25, -0.2) is 9.79 Å². The van der Waals surface area contributed by atoms with Gasteiger partial charge >= 0.3 is 6.03 Å². The molecule has 2 amide bonds. The monoisotopic (exact) mass is 367 g/mol. The van der Waals surface area contributed by atoms with E-state index in [1.54, 1.807) is 0 Å². The van der Waals surface area contributed by atoms with Gasteiger partial charge in [0.15, 0.2) is 5.90 Å². The Labute approximate surface area is 161 Å². The molecule has 0 aromatic heterocycles. The van der Waals surface area contributed by atoms with Gasteiger partial charge in [-0.2, -0.15) is 0 Å². The number of hydrogen-bond donors (Lipinski definition) is 1. The zero-order valence-corrected chi connectivity index (χ0v) is 16.3. The lowest BCUT2D eigenvalue weighted by molar-refractivity contribution is 0.116. The molecule has 1 aliphatic carbocycles.